The Hall–Kier alpha value is -0.870. The molecule has 0 radical (unpaired) electrons. The van der Waals surface area contributed by atoms with Crippen LogP contribution in [0.25, 0.3) is 0 Å². The first-order valence-corrected chi connectivity index (χ1v) is 6.56. The predicted octanol–water partition coefficient (Wildman–Crippen LogP) is 1.12. The van der Waals surface area contributed by atoms with Crippen LogP contribution in [0.4, 0.5) is 0 Å². The highest BCUT2D eigenvalue weighted by atomic mass is 15.1. The molecule has 4 heteroatoms. The van der Waals surface area contributed by atoms with E-state index in [1.807, 2.05) is 6.20 Å². The Morgan fingerprint density at radius 3 is 3.00 bits per heavy atom. The molecule has 0 aromatic carbocycles. The second kappa shape index (κ2) is 5.65. The molecule has 4 nitrogen and oxygen atoms in total. The lowest BCUT2D eigenvalue weighted by atomic mass is 9.94. The van der Waals surface area contributed by atoms with E-state index in [0.29, 0.717) is 6.04 Å². The fraction of sp³-hybridized carbons (Fsp3) is 0.769. The van der Waals surface area contributed by atoms with Gasteiger partial charge in [0.25, 0.3) is 0 Å². The Labute approximate surface area is 104 Å². The third kappa shape index (κ3) is 3.30. The minimum absolute atomic E-state index is 0.676. The van der Waals surface area contributed by atoms with E-state index in [9.17, 15) is 0 Å². The van der Waals surface area contributed by atoms with Gasteiger partial charge in [0, 0.05) is 38.1 Å². The average Bonchev–Trinajstić information content (AvgIpc) is 2.68. The molecule has 1 fully saturated rings. The van der Waals surface area contributed by atoms with Crippen molar-refractivity contribution in [2.75, 3.05) is 26.7 Å². The van der Waals surface area contributed by atoms with Crippen LogP contribution in [0.15, 0.2) is 12.4 Å². The summed E-state index contributed by atoms with van der Waals surface area (Å²) in [4.78, 5) is 6.65. The molecule has 0 aliphatic carbocycles. The van der Waals surface area contributed by atoms with Crippen LogP contribution < -0.4 is 5.32 Å². The molecule has 1 aromatic heterocycles. The Balaban J connectivity index is 1.73. The number of nitrogens with one attached hydrogen (secondary N) is 1. The largest absolute Gasteiger partial charge is 0.334 e. The van der Waals surface area contributed by atoms with E-state index in [-0.39, 0.29) is 0 Å². The first-order chi connectivity index (χ1) is 8.16. The van der Waals surface area contributed by atoms with E-state index in [4.69, 9.17) is 0 Å². The summed E-state index contributed by atoms with van der Waals surface area (Å²) in [6.45, 7) is 8.88. The van der Waals surface area contributed by atoms with Crippen molar-refractivity contribution in [2.24, 2.45) is 5.92 Å². The van der Waals surface area contributed by atoms with Gasteiger partial charge in [-0.05, 0) is 32.9 Å². The van der Waals surface area contributed by atoms with Crippen molar-refractivity contribution in [3.63, 3.8) is 0 Å². The number of likely N-dealkylation sites (tertiary alicyclic amines) is 1. The van der Waals surface area contributed by atoms with Gasteiger partial charge in [0.1, 0.15) is 5.82 Å². The number of nitrogens with zero attached hydrogens (tertiary/aromatic N) is 3. The van der Waals surface area contributed by atoms with E-state index < -0.39 is 0 Å². The number of rotatable bonds is 4. The molecule has 96 valence electrons. The lowest BCUT2D eigenvalue weighted by Gasteiger charge is -2.35. The number of hydrogen-bond acceptors (Lipinski definition) is 3. The van der Waals surface area contributed by atoms with Gasteiger partial charge in [-0.3, -0.25) is 0 Å². The molecule has 1 aliphatic heterocycles. The summed E-state index contributed by atoms with van der Waals surface area (Å²) in [6.07, 6.45) is 5.18. The second-order valence-corrected chi connectivity index (χ2v) is 5.26. The summed E-state index contributed by atoms with van der Waals surface area (Å²) in [5, 5.41) is 3.68. The number of piperidine rings is 1. The zero-order valence-electron chi connectivity index (χ0n) is 11.2. The molecule has 0 spiro atoms. The van der Waals surface area contributed by atoms with Crippen LogP contribution in [0.1, 0.15) is 19.2 Å². The maximum absolute atomic E-state index is 4.24. The number of aryl methyl sites for hydroxylation is 1. The topological polar surface area (TPSA) is 33.1 Å². The van der Waals surface area contributed by atoms with Crippen molar-refractivity contribution in [1.82, 2.24) is 19.8 Å². The molecule has 2 rings (SSSR count). The average molecular weight is 236 g/mol. The van der Waals surface area contributed by atoms with Crippen molar-refractivity contribution in [2.45, 2.75) is 32.9 Å². The standard InChI is InChI=1S/C13H24N4/c1-11-10-16(3)7-4-13(11)15-6-9-17-8-5-14-12(17)2/h5,8,11,13,15H,4,6-7,9-10H2,1-3H3. The second-order valence-electron chi connectivity index (χ2n) is 5.26. The molecule has 1 aromatic rings. The SMILES string of the molecule is Cc1nccn1CCNC1CCN(C)CC1C. The monoisotopic (exact) mass is 236 g/mol. The summed E-state index contributed by atoms with van der Waals surface area (Å²) in [6, 6.07) is 0.676. The van der Waals surface area contributed by atoms with Gasteiger partial charge in [0.2, 0.25) is 0 Å². The van der Waals surface area contributed by atoms with E-state index in [1.165, 1.54) is 19.5 Å². The zero-order chi connectivity index (χ0) is 12.3. The smallest absolute Gasteiger partial charge is 0.105 e. The fourth-order valence-corrected chi connectivity index (χ4v) is 2.67. The highest BCUT2D eigenvalue weighted by Crippen LogP contribution is 2.14. The van der Waals surface area contributed by atoms with Gasteiger partial charge < -0.3 is 14.8 Å². The van der Waals surface area contributed by atoms with Crippen molar-refractivity contribution < 1.29 is 0 Å². The highest BCUT2D eigenvalue weighted by Gasteiger charge is 2.23. The molecular formula is C13H24N4. The first-order valence-electron chi connectivity index (χ1n) is 6.56. The van der Waals surface area contributed by atoms with Crippen LogP contribution >= 0.6 is 0 Å². The van der Waals surface area contributed by atoms with Gasteiger partial charge in [0.15, 0.2) is 0 Å². The minimum Gasteiger partial charge on any atom is -0.334 e. The maximum Gasteiger partial charge on any atom is 0.105 e. The van der Waals surface area contributed by atoms with Crippen LogP contribution in [0.2, 0.25) is 0 Å². The lowest BCUT2D eigenvalue weighted by molar-refractivity contribution is 0.174. The molecule has 1 N–H and O–H groups in total. The molecular weight excluding hydrogens is 212 g/mol. The Morgan fingerprint density at radius 2 is 2.35 bits per heavy atom. The van der Waals surface area contributed by atoms with Crippen molar-refractivity contribution in [1.29, 1.82) is 0 Å². The van der Waals surface area contributed by atoms with Gasteiger partial charge in [0.05, 0.1) is 0 Å². The van der Waals surface area contributed by atoms with Gasteiger partial charge in [-0.2, -0.15) is 0 Å². The molecule has 2 heterocycles. The van der Waals surface area contributed by atoms with E-state index in [0.717, 1.165) is 24.8 Å². The maximum atomic E-state index is 4.24. The Morgan fingerprint density at radius 1 is 1.53 bits per heavy atom. The first kappa shape index (κ1) is 12.6. The minimum atomic E-state index is 0.676. The molecule has 17 heavy (non-hydrogen) atoms. The van der Waals surface area contributed by atoms with Gasteiger partial charge in [-0.1, -0.05) is 6.92 Å². The number of aromatic nitrogens is 2. The van der Waals surface area contributed by atoms with Crippen LogP contribution in [0.3, 0.4) is 0 Å². The van der Waals surface area contributed by atoms with Crippen molar-refractivity contribution in [3.05, 3.63) is 18.2 Å². The van der Waals surface area contributed by atoms with Gasteiger partial charge >= 0.3 is 0 Å². The number of imidazole rings is 1. The highest BCUT2D eigenvalue weighted by molar-refractivity contribution is 4.89. The third-order valence-electron chi connectivity index (χ3n) is 3.79. The molecule has 1 aliphatic rings. The molecule has 1 saturated heterocycles. The van der Waals surface area contributed by atoms with Crippen LogP contribution in [0, 0.1) is 12.8 Å². The van der Waals surface area contributed by atoms with E-state index in [2.05, 4.69) is 46.9 Å². The van der Waals surface area contributed by atoms with Crippen molar-refractivity contribution in [3.8, 4) is 0 Å². The molecule has 0 amide bonds. The van der Waals surface area contributed by atoms with Gasteiger partial charge in [-0.25, -0.2) is 4.98 Å². The summed E-state index contributed by atoms with van der Waals surface area (Å²) < 4.78 is 2.20. The number of hydrogen-bond donors (Lipinski definition) is 1. The van der Waals surface area contributed by atoms with E-state index >= 15 is 0 Å². The van der Waals surface area contributed by atoms with Crippen LogP contribution in [0.5, 0.6) is 0 Å². The van der Waals surface area contributed by atoms with Crippen LogP contribution in [-0.4, -0.2) is 47.2 Å². The zero-order valence-corrected chi connectivity index (χ0v) is 11.2. The Bertz CT molecular complexity index is 347. The van der Waals surface area contributed by atoms with Crippen molar-refractivity contribution >= 4 is 0 Å². The normalized spacial score (nSPS) is 26.3. The van der Waals surface area contributed by atoms with Crippen LogP contribution in [-0.2, 0) is 6.54 Å². The summed E-state index contributed by atoms with van der Waals surface area (Å²) in [5.41, 5.74) is 0. The lowest BCUT2D eigenvalue weighted by Crippen LogP contribution is -2.47. The molecule has 2 atom stereocenters. The molecule has 0 bridgehead atoms. The predicted molar refractivity (Wildman–Crippen MR) is 70.0 cm³/mol. The van der Waals surface area contributed by atoms with Gasteiger partial charge in [-0.15, -0.1) is 0 Å². The third-order valence-corrected chi connectivity index (χ3v) is 3.79. The summed E-state index contributed by atoms with van der Waals surface area (Å²) in [7, 11) is 2.21. The van der Waals surface area contributed by atoms with E-state index in [1.54, 1.807) is 0 Å². The fourth-order valence-electron chi connectivity index (χ4n) is 2.67. The quantitative estimate of drug-likeness (QED) is 0.850. The molecule has 0 saturated carbocycles. The molecule has 2 unspecified atom stereocenters. The summed E-state index contributed by atoms with van der Waals surface area (Å²) in [5.74, 6) is 1.85. The Kier molecular flexibility index (Phi) is 4.18. The summed E-state index contributed by atoms with van der Waals surface area (Å²) >= 11 is 0.